The molecule has 0 aliphatic rings. The summed E-state index contributed by atoms with van der Waals surface area (Å²) in [6.45, 7) is 0. The zero-order chi connectivity index (χ0) is 20.4. The SMILES string of the molecule is NC(=O)c1ccccc1-c1cccc(-n2cnc3cc(C(=O)NN=O)ccc32)c1. The number of nitrogens with zero attached hydrogens (tertiary/aromatic N) is 3. The van der Waals surface area contributed by atoms with E-state index in [1.165, 1.54) is 0 Å². The minimum Gasteiger partial charge on any atom is -0.366 e. The maximum absolute atomic E-state index is 11.8. The summed E-state index contributed by atoms with van der Waals surface area (Å²) in [5.74, 6) is -1.09. The molecule has 1 heterocycles. The number of carbonyl (C=O) groups is 2. The van der Waals surface area contributed by atoms with E-state index in [0.717, 1.165) is 22.3 Å². The van der Waals surface area contributed by atoms with Crippen molar-refractivity contribution < 1.29 is 9.59 Å². The minimum atomic E-state index is -0.596. The molecule has 3 aromatic carbocycles. The molecule has 0 atom stereocenters. The topological polar surface area (TPSA) is 119 Å². The van der Waals surface area contributed by atoms with Gasteiger partial charge in [0.2, 0.25) is 5.91 Å². The number of fused-ring (bicyclic) bond motifs is 1. The van der Waals surface area contributed by atoms with Crippen molar-refractivity contribution in [2.45, 2.75) is 0 Å². The lowest BCUT2D eigenvalue weighted by Gasteiger charge is -2.10. The van der Waals surface area contributed by atoms with Gasteiger partial charge in [-0.1, -0.05) is 30.3 Å². The Bertz CT molecular complexity index is 1260. The Morgan fingerprint density at radius 3 is 2.62 bits per heavy atom. The lowest BCUT2D eigenvalue weighted by Crippen LogP contribution is -2.16. The smallest absolute Gasteiger partial charge is 0.274 e. The third-order valence-electron chi connectivity index (χ3n) is 4.58. The van der Waals surface area contributed by atoms with Gasteiger partial charge in [0.15, 0.2) is 0 Å². The first-order chi connectivity index (χ1) is 14.1. The number of carbonyl (C=O) groups excluding carboxylic acids is 2. The van der Waals surface area contributed by atoms with Gasteiger partial charge < -0.3 is 5.73 Å². The summed E-state index contributed by atoms with van der Waals surface area (Å²) in [5.41, 5.74) is 11.9. The van der Waals surface area contributed by atoms with Gasteiger partial charge in [-0.2, -0.15) is 0 Å². The van der Waals surface area contributed by atoms with E-state index in [1.807, 2.05) is 46.4 Å². The normalized spacial score (nSPS) is 10.6. The van der Waals surface area contributed by atoms with E-state index in [-0.39, 0.29) is 5.56 Å². The Hall–Kier alpha value is -4.33. The van der Waals surface area contributed by atoms with Gasteiger partial charge in [0.05, 0.1) is 16.3 Å². The van der Waals surface area contributed by atoms with Crippen molar-refractivity contribution in [1.82, 2.24) is 15.0 Å². The van der Waals surface area contributed by atoms with Crippen LogP contribution in [-0.4, -0.2) is 21.4 Å². The van der Waals surface area contributed by atoms with Crippen molar-refractivity contribution in [3.8, 4) is 16.8 Å². The zero-order valence-corrected chi connectivity index (χ0v) is 15.1. The molecule has 0 fully saturated rings. The third-order valence-corrected chi connectivity index (χ3v) is 4.58. The van der Waals surface area contributed by atoms with E-state index < -0.39 is 11.8 Å². The van der Waals surface area contributed by atoms with Gasteiger partial charge in [-0.25, -0.2) is 10.4 Å². The van der Waals surface area contributed by atoms with Crippen LogP contribution < -0.4 is 11.2 Å². The number of imidazole rings is 1. The van der Waals surface area contributed by atoms with Gasteiger partial charge >= 0.3 is 0 Å². The van der Waals surface area contributed by atoms with Gasteiger partial charge in [-0.3, -0.25) is 14.2 Å². The van der Waals surface area contributed by atoms with Crippen LogP contribution in [0.4, 0.5) is 0 Å². The summed E-state index contributed by atoms with van der Waals surface area (Å²) >= 11 is 0. The van der Waals surface area contributed by atoms with Gasteiger partial charge in [0.25, 0.3) is 5.91 Å². The fourth-order valence-corrected chi connectivity index (χ4v) is 3.24. The summed E-state index contributed by atoms with van der Waals surface area (Å²) in [4.78, 5) is 38.1. The predicted molar refractivity (Wildman–Crippen MR) is 108 cm³/mol. The van der Waals surface area contributed by atoms with E-state index in [9.17, 15) is 14.5 Å². The highest BCUT2D eigenvalue weighted by atomic mass is 16.3. The Balaban J connectivity index is 1.78. The van der Waals surface area contributed by atoms with Gasteiger partial charge in [0.1, 0.15) is 6.33 Å². The fraction of sp³-hybridized carbons (Fsp3) is 0. The monoisotopic (exact) mass is 385 g/mol. The number of hydrogen-bond acceptors (Lipinski definition) is 5. The number of nitrogens with two attached hydrogens (primary N) is 1. The van der Waals surface area contributed by atoms with E-state index in [2.05, 4.69) is 10.3 Å². The van der Waals surface area contributed by atoms with Crippen molar-refractivity contribution in [3.63, 3.8) is 0 Å². The summed E-state index contributed by atoms with van der Waals surface area (Å²) in [6.07, 6.45) is 1.64. The van der Waals surface area contributed by atoms with Crippen molar-refractivity contribution in [2.75, 3.05) is 0 Å². The van der Waals surface area contributed by atoms with Crippen molar-refractivity contribution >= 4 is 22.8 Å². The second-order valence-corrected chi connectivity index (χ2v) is 6.31. The molecule has 0 radical (unpaired) electrons. The number of benzene rings is 3. The first-order valence-corrected chi connectivity index (χ1v) is 8.68. The molecule has 3 N–H and O–H groups in total. The van der Waals surface area contributed by atoms with Crippen molar-refractivity contribution in [3.05, 3.63) is 89.1 Å². The van der Waals surface area contributed by atoms with Crippen LogP contribution in [0.5, 0.6) is 0 Å². The number of rotatable bonds is 5. The highest BCUT2D eigenvalue weighted by molar-refractivity contribution is 6.00. The number of amides is 2. The molecule has 0 spiro atoms. The Morgan fingerprint density at radius 1 is 1.00 bits per heavy atom. The molecule has 1 aromatic heterocycles. The number of aromatic nitrogens is 2. The molecule has 8 nitrogen and oxygen atoms in total. The number of hydrogen-bond donors (Lipinski definition) is 2. The van der Waals surface area contributed by atoms with Gasteiger partial charge in [-0.15, -0.1) is 4.91 Å². The highest BCUT2D eigenvalue weighted by Crippen LogP contribution is 2.27. The average Bonchev–Trinajstić information content (AvgIpc) is 3.17. The molecule has 8 heteroatoms. The summed E-state index contributed by atoms with van der Waals surface area (Å²) in [7, 11) is 0. The Kier molecular flexibility index (Phi) is 4.58. The van der Waals surface area contributed by atoms with Crippen LogP contribution in [0.25, 0.3) is 27.8 Å². The predicted octanol–water partition coefficient (Wildman–Crippen LogP) is 3.20. The van der Waals surface area contributed by atoms with E-state index in [4.69, 9.17) is 5.73 Å². The molecule has 0 saturated heterocycles. The van der Waals surface area contributed by atoms with Crippen molar-refractivity contribution in [2.24, 2.45) is 11.0 Å². The highest BCUT2D eigenvalue weighted by Gasteiger charge is 2.12. The van der Waals surface area contributed by atoms with E-state index >= 15 is 0 Å². The molecule has 0 aliphatic carbocycles. The minimum absolute atomic E-state index is 0.284. The Labute approximate surface area is 164 Å². The first-order valence-electron chi connectivity index (χ1n) is 8.68. The standard InChI is InChI=1S/C21H15N5O3/c22-20(27)17-7-2-1-6-16(17)13-4-3-5-15(10-13)26-12-23-18-11-14(8-9-19(18)26)21(28)24-25-29/h1-12H,(H2,22,27)(H,24,28,29). The Morgan fingerprint density at radius 2 is 1.83 bits per heavy atom. The second kappa shape index (κ2) is 7.35. The fourth-order valence-electron chi connectivity index (χ4n) is 3.24. The maximum Gasteiger partial charge on any atom is 0.274 e. The molecule has 0 unspecified atom stereocenters. The van der Waals surface area contributed by atoms with Crippen LogP contribution in [-0.2, 0) is 0 Å². The average molecular weight is 385 g/mol. The van der Waals surface area contributed by atoms with Crippen LogP contribution >= 0.6 is 0 Å². The number of primary amides is 1. The van der Waals surface area contributed by atoms with Crippen LogP contribution in [0.2, 0.25) is 0 Å². The van der Waals surface area contributed by atoms with E-state index in [1.54, 1.807) is 36.7 Å². The molecule has 2 amide bonds. The molecule has 0 bridgehead atoms. The van der Waals surface area contributed by atoms with Gasteiger partial charge in [0, 0.05) is 16.8 Å². The third kappa shape index (κ3) is 3.34. The molecule has 0 saturated carbocycles. The number of nitroso groups, excluding NO2 is 1. The molecule has 0 aliphatic heterocycles. The quantitative estimate of drug-likeness (QED) is 0.405. The largest absolute Gasteiger partial charge is 0.366 e. The molecule has 29 heavy (non-hydrogen) atoms. The molecular formula is C21H15N5O3. The molecule has 142 valence electrons. The lowest BCUT2D eigenvalue weighted by atomic mass is 9.99. The summed E-state index contributed by atoms with van der Waals surface area (Å²) in [6, 6.07) is 19.7. The summed E-state index contributed by atoms with van der Waals surface area (Å²) in [5, 5.41) is 2.39. The maximum atomic E-state index is 11.8. The van der Waals surface area contributed by atoms with Crippen LogP contribution in [0.1, 0.15) is 20.7 Å². The second-order valence-electron chi connectivity index (χ2n) is 6.31. The molecule has 4 aromatic rings. The van der Waals surface area contributed by atoms with Crippen molar-refractivity contribution in [1.29, 1.82) is 0 Å². The van der Waals surface area contributed by atoms with E-state index in [0.29, 0.717) is 11.1 Å². The molecule has 4 rings (SSSR count). The first kappa shape index (κ1) is 18.1. The van der Waals surface area contributed by atoms with Crippen LogP contribution in [0.3, 0.4) is 0 Å². The van der Waals surface area contributed by atoms with Crippen LogP contribution in [0, 0.1) is 4.91 Å². The zero-order valence-electron chi connectivity index (χ0n) is 15.1. The molecular weight excluding hydrogens is 370 g/mol. The van der Waals surface area contributed by atoms with Gasteiger partial charge in [-0.05, 0) is 47.5 Å². The summed E-state index contributed by atoms with van der Waals surface area (Å²) < 4.78 is 1.87. The number of nitrogens with one attached hydrogen (secondary N) is 1. The lowest BCUT2D eigenvalue weighted by molar-refractivity contribution is 0.0953. The van der Waals surface area contributed by atoms with Crippen LogP contribution in [0.15, 0.2) is 78.3 Å².